The number of aromatic nitrogens is 4. The summed E-state index contributed by atoms with van der Waals surface area (Å²) in [5.74, 6) is 0.491. The van der Waals surface area contributed by atoms with Crippen LogP contribution in [0.4, 0.5) is 5.82 Å². The summed E-state index contributed by atoms with van der Waals surface area (Å²) in [5.41, 5.74) is 3.66. The van der Waals surface area contributed by atoms with Gasteiger partial charge >= 0.3 is 5.97 Å². The quantitative estimate of drug-likeness (QED) is 0.282. The number of anilines is 1. The lowest BCUT2D eigenvalue weighted by molar-refractivity contribution is 0.0512. The molecule has 3 heterocycles. The van der Waals surface area contributed by atoms with E-state index in [-0.39, 0.29) is 18.1 Å². The number of carbonyl (C=O) groups is 1. The van der Waals surface area contributed by atoms with Crippen LogP contribution >= 0.6 is 11.6 Å². The molecule has 0 spiro atoms. The van der Waals surface area contributed by atoms with Crippen molar-refractivity contribution in [3.63, 3.8) is 0 Å². The second-order valence-electron chi connectivity index (χ2n) is 7.74. The fourth-order valence-corrected chi connectivity index (χ4v) is 4.01. The van der Waals surface area contributed by atoms with E-state index in [0.717, 1.165) is 27.8 Å². The van der Waals surface area contributed by atoms with Crippen LogP contribution in [0.3, 0.4) is 0 Å². The summed E-state index contributed by atoms with van der Waals surface area (Å²) in [7, 11) is 1.65. The number of methoxy groups -OCH3 is 1. The van der Waals surface area contributed by atoms with Gasteiger partial charge in [0.05, 0.1) is 13.7 Å². The van der Waals surface area contributed by atoms with Crippen LogP contribution in [-0.4, -0.2) is 46.3 Å². The molecule has 5 aromatic rings. The highest BCUT2D eigenvalue weighted by molar-refractivity contribution is 6.30. The van der Waals surface area contributed by atoms with E-state index in [0.29, 0.717) is 34.9 Å². The molecule has 0 atom stereocenters. The van der Waals surface area contributed by atoms with Gasteiger partial charge in [-0.05, 0) is 49.2 Å². The molecule has 5 rings (SSSR count). The van der Waals surface area contributed by atoms with Crippen LogP contribution in [0.25, 0.3) is 33.3 Å². The van der Waals surface area contributed by atoms with Gasteiger partial charge in [0.15, 0.2) is 0 Å². The van der Waals surface area contributed by atoms with E-state index < -0.39 is 5.97 Å². The second kappa shape index (κ2) is 9.63. The molecule has 35 heavy (non-hydrogen) atoms. The monoisotopic (exact) mass is 491 g/mol. The molecule has 2 aromatic carbocycles. The highest BCUT2D eigenvalue weighted by Gasteiger charge is 2.22. The van der Waals surface area contributed by atoms with Crippen molar-refractivity contribution in [1.29, 1.82) is 0 Å². The summed E-state index contributed by atoms with van der Waals surface area (Å²) in [6, 6.07) is 13.1. The van der Waals surface area contributed by atoms with Gasteiger partial charge in [-0.15, -0.1) is 0 Å². The number of aromatic amines is 1. The van der Waals surface area contributed by atoms with E-state index in [1.807, 2.05) is 36.5 Å². The van der Waals surface area contributed by atoms with Gasteiger partial charge in [0.25, 0.3) is 5.71 Å². The minimum Gasteiger partial charge on any atom is -0.497 e. The molecule has 0 unspecified atom stereocenters. The molecule has 0 fully saturated rings. The predicted octanol–water partition coefficient (Wildman–Crippen LogP) is 5.26. The van der Waals surface area contributed by atoms with Gasteiger partial charge < -0.3 is 24.3 Å². The predicted molar refractivity (Wildman–Crippen MR) is 133 cm³/mol. The number of hydrogen-bond acceptors (Lipinski definition) is 8. The van der Waals surface area contributed by atoms with Crippen molar-refractivity contribution in [2.45, 2.75) is 13.3 Å². The van der Waals surface area contributed by atoms with E-state index in [1.165, 1.54) is 0 Å². The minimum absolute atomic E-state index is 0.0995. The first-order valence-corrected chi connectivity index (χ1v) is 11.4. The Hall–Kier alpha value is -4.11. The van der Waals surface area contributed by atoms with Gasteiger partial charge in [0, 0.05) is 34.2 Å². The molecule has 9 nitrogen and oxygen atoms in total. The number of hydrogen-bond donors (Lipinski definition) is 2. The van der Waals surface area contributed by atoms with E-state index in [2.05, 4.69) is 25.4 Å². The molecule has 0 aliphatic heterocycles. The van der Waals surface area contributed by atoms with Gasteiger partial charge in [0.2, 0.25) is 5.82 Å². The van der Waals surface area contributed by atoms with Crippen LogP contribution in [0.5, 0.6) is 5.75 Å². The molecule has 3 aromatic heterocycles. The van der Waals surface area contributed by atoms with Crippen molar-refractivity contribution < 1.29 is 18.8 Å². The fraction of sp³-hybridized carbons (Fsp3) is 0.200. The summed E-state index contributed by atoms with van der Waals surface area (Å²) in [6.45, 7) is 2.46. The second-order valence-corrected chi connectivity index (χ2v) is 8.17. The van der Waals surface area contributed by atoms with Gasteiger partial charge in [-0.3, -0.25) is 0 Å². The zero-order chi connectivity index (χ0) is 24.4. The minimum atomic E-state index is -0.634. The number of rotatable bonds is 8. The molecule has 0 aliphatic rings. The molecule has 2 N–H and O–H groups in total. The van der Waals surface area contributed by atoms with Crippen LogP contribution in [0, 0.1) is 0 Å². The summed E-state index contributed by atoms with van der Waals surface area (Å²) in [5, 5.41) is 9.78. The SMILES string of the molecule is CCOC(=O)c1nc(NCCc2c[nH]c3ccc(OC)cc23)c2c(-c3ccc(Cl)cc3)noc2n1. The molecule has 0 bridgehead atoms. The first kappa shape index (κ1) is 22.7. The van der Waals surface area contributed by atoms with E-state index in [1.54, 1.807) is 26.2 Å². The van der Waals surface area contributed by atoms with Gasteiger partial charge in [0.1, 0.15) is 22.6 Å². The van der Waals surface area contributed by atoms with Crippen molar-refractivity contribution >= 4 is 45.4 Å². The number of nitrogens with zero attached hydrogens (tertiary/aromatic N) is 3. The molecule has 0 saturated heterocycles. The number of carbonyl (C=O) groups excluding carboxylic acids is 1. The van der Waals surface area contributed by atoms with Crippen LogP contribution < -0.4 is 10.1 Å². The lowest BCUT2D eigenvalue weighted by Crippen LogP contribution is -2.13. The summed E-state index contributed by atoms with van der Waals surface area (Å²) < 4.78 is 15.9. The summed E-state index contributed by atoms with van der Waals surface area (Å²) in [6.07, 6.45) is 2.67. The van der Waals surface area contributed by atoms with E-state index in [4.69, 9.17) is 25.6 Å². The van der Waals surface area contributed by atoms with Crippen molar-refractivity contribution in [3.05, 3.63) is 65.1 Å². The Kier molecular flexibility index (Phi) is 6.24. The maximum absolute atomic E-state index is 12.4. The third-order valence-electron chi connectivity index (χ3n) is 5.57. The van der Waals surface area contributed by atoms with Gasteiger partial charge in [-0.1, -0.05) is 28.9 Å². The van der Waals surface area contributed by atoms with Crippen LogP contribution in [0.2, 0.25) is 5.02 Å². The van der Waals surface area contributed by atoms with Gasteiger partial charge in [-0.25, -0.2) is 9.78 Å². The molecular formula is C25H22ClN5O4. The number of esters is 1. The standard InChI is InChI=1S/C25H22ClN5O4/c1-3-34-25(32)23-29-22(20-21(31-35-24(20)30-23)14-4-6-16(26)7-5-14)27-11-10-15-13-28-19-9-8-17(33-2)12-18(15)19/h4-9,12-13,28H,3,10-11H2,1-2H3,(H,27,29,30). The van der Waals surface area contributed by atoms with Crippen LogP contribution in [0.1, 0.15) is 23.1 Å². The number of halogens is 1. The first-order chi connectivity index (χ1) is 17.1. The number of ether oxygens (including phenoxy) is 2. The normalized spacial score (nSPS) is 11.2. The molecule has 0 amide bonds. The maximum atomic E-state index is 12.4. The zero-order valence-corrected chi connectivity index (χ0v) is 19.8. The Morgan fingerprint density at radius 2 is 2.00 bits per heavy atom. The van der Waals surface area contributed by atoms with Crippen molar-refractivity contribution in [1.82, 2.24) is 20.1 Å². The topological polar surface area (TPSA) is 115 Å². The van der Waals surface area contributed by atoms with Gasteiger partial charge in [-0.2, -0.15) is 4.98 Å². The first-order valence-electron chi connectivity index (χ1n) is 11.1. The zero-order valence-electron chi connectivity index (χ0n) is 19.1. The Morgan fingerprint density at radius 1 is 1.17 bits per heavy atom. The fourth-order valence-electron chi connectivity index (χ4n) is 3.88. The number of benzene rings is 2. The third kappa shape index (κ3) is 4.50. The highest BCUT2D eigenvalue weighted by Crippen LogP contribution is 2.33. The smallest absolute Gasteiger partial charge is 0.376 e. The number of H-pyrrole nitrogens is 1. The average Bonchev–Trinajstić information content (AvgIpc) is 3.48. The molecular weight excluding hydrogens is 470 g/mol. The van der Waals surface area contributed by atoms with E-state index >= 15 is 0 Å². The summed E-state index contributed by atoms with van der Waals surface area (Å²) in [4.78, 5) is 24.3. The Balaban J connectivity index is 1.49. The third-order valence-corrected chi connectivity index (χ3v) is 5.83. The molecule has 0 radical (unpaired) electrons. The largest absolute Gasteiger partial charge is 0.497 e. The van der Waals surface area contributed by atoms with E-state index in [9.17, 15) is 4.79 Å². The van der Waals surface area contributed by atoms with Crippen LogP contribution in [0.15, 0.2) is 53.2 Å². The average molecular weight is 492 g/mol. The lowest BCUT2D eigenvalue weighted by atomic mass is 10.1. The molecule has 0 saturated carbocycles. The van der Waals surface area contributed by atoms with Crippen molar-refractivity contribution in [2.24, 2.45) is 0 Å². The highest BCUT2D eigenvalue weighted by atomic mass is 35.5. The summed E-state index contributed by atoms with van der Waals surface area (Å²) >= 11 is 6.04. The molecule has 0 aliphatic carbocycles. The molecule has 10 heteroatoms. The van der Waals surface area contributed by atoms with Crippen molar-refractivity contribution in [2.75, 3.05) is 25.6 Å². The van der Waals surface area contributed by atoms with Crippen LogP contribution in [-0.2, 0) is 11.2 Å². The maximum Gasteiger partial charge on any atom is 0.376 e. The molecule has 178 valence electrons. The lowest BCUT2D eigenvalue weighted by Gasteiger charge is -2.09. The Labute approximate surface area is 205 Å². The Morgan fingerprint density at radius 3 is 2.77 bits per heavy atom. The van der Waals surface area contributed by atoms with Crippen molar-refractivity contribution in [3.8, 4) is 17.0 Å². The number of nitrogens with one attached hydrogen (secondary N) is 2. The Bertz CT molecular complexity index is 1510. The number of fused-ring (bicyclic) bond motifs is 2.